The van der Waals surface area contributed by atoms with E-state index in [1.54, 1.807) is 4.90 Å². The van der Waals surface area contributed by atoms with Gasteiger partial charge in [0.1, 0.15) is 5.60 Å². The standard InChI is InChI=1S/C27H30ClN5O3S/c1-27(2,3)36-26(35)33-12-6-5-7-18(33)15-22(34)16-8-11-21-20(13-16)29-24(32(21)4)31-25-30-19-10-9-17(28)14-23(19)37-25/h8-11,13-14,18H,5-7,12,15H2,1-4H3,(H,29,30,31). The average molecular weight is 540 g/mol. The lowest BCUT2D eigenvalue weighted by Gasteiger charge is -2.36. The van der Waals surface area contributed by atoms with Crippen LogP contribution in [0.25, 0.3) is 21.3 Å². The minimum Gasteiger partial charge on any atom is -0.444 e. The Morgan fingerprint density at radius 3 is 2.73 bits per heavy atom. The molecular formula is C27H30ClN5O3S. The maximum Gasteiger partial charge on any atom is 0.410 e. The molecule has 0 aliphatic carbocycles. The molecule has 1 atom stereocenters. The molecule has 1 N–H and O–H groups in total. The van der Waals surface area contributed by atoms with Crippen LogP contribution in [0, 0.1) is 0 Å². The van der Waals surface area contributed by atoms with Gasteiger partial charge < -0.3 is 19.5 Å². The van der Waals surface area contributed by atoms with Gasteiger partial charge in [0, 0.05) is 36.6 Å². The van der Waals surface area contributed by atoms with Gasteiger partial charge in [-0.05, 0) is 76.4 Å². The number of fused-ring (bicyclic) bond motifs is 2. The quantitative estimate of drug-likeness (QED) is 0.276. The third-order valence-corrected chi connectivity index (χ3v) is 7.62. The molecule has 5 rings (SSSR count). The molecule has 1 fully saturated rings. The van der Waals surface area contributed by atoms with Crippen LogP contribution < -0.4 is 5.32 Å². The Morgan fingerprint density at radius 1 is 1.14 bits per heavy atom. The number of rotatable bonds is 5. The monoisotopic (exact) mass is 539 g/mol. The Labute approximate surface area is 224 Å². The Bertz CT molecular complexity index is 1490. The SMILES string of the molecule is Cn1c(Nc2nc3ccc(Cl)cc3s2)nc2cc(C(=O)CC3CCCCN3C(=O)OC(C)(C)C)ccc21. The van der Waals surface area contributed by atoms with E-state index >= 15 is 0 Å². The molecule has 2 aromatic carbocycles. The maximum atomic E-state index is 13.3. The Balaban J connectivity index is 1.33. The lowest BCUT2D eigenvalue weighted by Crippen LogP contribution is -2.46. The Hall–Kier alpha value is -3.17. The van der Waals surface area contributed by atoms with Crippen molar-refractivity contribution in [3.8, 4) is 0 Å². The number of nitrogens with zero attached hydrogens (tertiary/aromatic N) is 4. The fourth-order valence-corrected chi connectivity index (χ4v) is 5.77. The second kappa shape index (κ2) is 9.95. The number of imidazole rings is 1. The summed E-state index contributed by atoms with van der Waals surface area (Å²) >= 11 is 7.61. The number of aromatic nitrogens is 3. The van der Waals surface area contributed by atoms with Crippen molar-refractivity contribution in [1.29, 1.82) is 0 Å². The number of nitrogens with one attached hydrogen (secondary N) is 1. The summed E-state index contributed by atoms with van der Waals surface area (Å²) in [6.45, 7) is 6.17. The highest BCUT2D eigenvalue weighted by molar-refractivity contribution is 7.22. The van der Waals surface area contributed by atoms with E-state index in [1.165, 1.54) is 11.3 Å². The van der Waals surface area contributed by atoms with Crippen LogP contribution in [0.1, 0.15) is 56.8 Å². The Morgan fingerprint density at radius 2 is 1.95 bits per heavy atom. The van der Waals surface area contributed by atoms with Gasteiger partial charge in [0.25, 0.3) is 0 Å². The minimum atomic E-state index is -0.572. The molecule has 3 heterocycles. The van der Waals surface area contributed by atoms with E-state index < -0.39 is 5.60 Å². The molecule has 37 heavy (non-hydrogen) atoms. The van der Waals surface area contributed by atoms with E-state index in [1.807, 2.05) is 68.8 Å². The first kappa shape index (κ1) is 25.5. The van der Waals surface area contributed by atoms with Gasteiger partial charge in [-0.2, -0.15) is 0 Å². The van der Waals surface area contributed by atoms with E-state index in [0.29, 0.717) is 33.7 Å². The normalized spacial score (nSPS) is 16.4. The summed E-state index contributed by atoms with van der Waals surface area (Å²) in [5.41, 5.74) is 2.49. The number of piperidine rings is 1. The summed E-state index contributed by atoms with van der Waals surface area (Å²) in [6.07, 6.45) is 2.61. The van der Waals surface area contributed by atoms with Crippen LogP contribution in [0.3, 0.4) is 0 Å². The van der Waals surface area contributed by atoms with Crippen molar-refractivity contribution in [2.24, 2.45) is 7.05 Å². The van der Waals surface area contributed by atoms with Gasteiger partial charge in [-0.1, -0.05) is 22.9 Å². The van der Waals surface area contributed by atoms with E-state index in [9.17, 15) is 9.59 Å². The van der Waals surface area contributed by atoms with Crippen molar-refractivity contribution in [2.45, 2.75) is 58.1 Å². The van der Waals surface area contributed by atoms with Gasteiger partial charge in [-0.15, -0.1) is 0 Å². The summed E-state index contributed by atoms with van der Waals surface area (Å²) in [5, 5.41) is 4.68. The van der Waals surface area contributed by atoms with Gasteiger partial charge >= 0.3 is 6.09 Å². The molecule has 0 radical (unpaired) electrons. The van der Waals surface area contributed by atoms with E-state index in [4.69, 9.17) is 21.3 Å². The summed E-state index contributed by atoms with van der Waals surface area (Å²) in [4.78, 5) is 37.1. The molecule has 1 saturated heterocycles. The number of hydrogen-bond donors (Lipinski definition) is 1. The second-order valence-corrected chi connectivity index (χ2v) is 11.9. The zero-order valence-corrected chi connectivity index (χ0v) is 22.9. The minimum absolute atomic E-state index is 0.00873. The Kier molecular flexibility index (Phi) is 6.85. The summed E-state index contributed by atoms with van der Waals surface area (Å²) < 4.78 is 8.52. The highest BCUT2D eigenvalue weighted by Crippen LogP contribution is 2.31. The second-order valence-electron chi connectivity index (χ2n) is 10.4. The molecule has 0 spiro atoms. The number of hydrogen-bond acceptors (Lipinski definition) is 7. The number of benzene rings is 2. The number of likely N-dealkylation sites (tertiary alicyclic amines) is 1. The largest absolute Gasteiger partial charge is 0.444 e. The highest BCUT2D eigenvalue weighted by Gasteiger charge is 2.32. The molecule has 10 heteroatoms. The predicted octanol–water partition coefficient (Wildman–Crippen LogP) is 6.94. The van der Waals surface area contributed by atoms with Gasteiger partial charge in [-0.3, -0.25) is 4.79 Å². The van der Waals surface area contributed by atoms with Gasteiger partial charge in [0.15, 0.2) is 10.9 Å². The third-order valence-electron chi connectivity index (χ3n) is 6.45. The van der Waals surface area contributed by atoms with Crippen LogP contribution in [0.4, 0.5) is 15.9 Å². The first-order valence-corrected chi connectivity index (χ1v) is 13.6. The lowest BCUT2D eigenvalue weighted by atomic mass is 9.95. The first-order chi connectivity index (χ1) is 17.6. The van der Waals surface area contributed by atoms with Crippen molar-refractivity contribution >= 4 is 67.1 Å². The van der Waals surface area contributed by atoms with Gasteiger partial charge in [-0.25, -0.2) is 14.8 Å². The molecule has 1 amide bonds. The molecule has 1 aliphatic heterocycles. The molecule has 2 aromatic heterocycles. The van der Waals surface area contributed by atoms with E-state index in [2.05, 4.69) is 10.3 Å². The zero-order chi connectivity index (χ0) is 26.3. The van der Waals surface area contributed by atoms with Gasteiger partial charge in [0.2, 0.25) is 5.95 Å². The highest BCUT2D eigenvalue weighted by atomic mass is 35.5. The van der Waals surface area contributed by atoms with E-state index in [0.717, 1.165) is 35.0 Å². The van der Waals surface area contributed by atoms with Crippen molar-refractivity contribution in [3.05, 3.63) is 47.0 Å². The number of ketones is 1. The van der Waals surface area contributed by atoms with Crippen LogP contribution in [0.15, 0.2) is 36.4 Å². The number of thiazole rings is 1. The van der Waals surface area contributed by atoms with Gasteiger partial charge in [0.05, 0.1) is 21.3 Å². The third kappa shape index (κ3) is 5.57. The summed E-state index contributed by atoms with van der Waals surface area (Å²) in [5.74, 6) is 0.624. The topological polar surface area (TPSA) is 89.4 Å². The van der Waals surface area contributed by atoms with Crippen molar-refractivity contribution in [3.63, 3.8) is 0 Å². The summed E-state index contributed by atoms with van der Waals surface area (Å²) in [6, 6.07) is 11.0. The maximum absolute atomic E-state index is 13.3. The molecular weight excluding hydrogens is 510 g/mol. The van der Waals surface area contributed by atoms with Crippen LogP contribution in [0.5, 0.6) is 0 Å². The fourth-order valence-electron chi connectivity index (χ4n) is 4.64. The number of carbonyl (C=O) groups excluding carboxylic acids is 2. The molecule has 0 bridgehead atoms. The molecule has 1 aliphatic rings. The molecule has 194 valence electrons. The fraction of sp³-hybridized carbons (Fsp3) is 0.407. The number of ether oxygens (including phenoxy) is 1. The molecule has 0 saturated carbocycles. The number of carbonyl (C=O) groups is 2. The van der Waals surface area contributed by atoms with Crippen molar-refractivity contribution in [1.82, 2.24) is 19.4 Å². The molecule has 4 aromatic rings. The van der Waals surface area contributed by atoms with Crippen LogP contribution in [-0.4, -0.2) is 49.5 Å². The average Bonchev–Trinajstić information content (AvgIpc) is 3.37. The summed E-state index contributed by atoms with van der Waals surface area (Å²) in [7, 11) is 1.92. The van der Waals surface area contributed by atoms with Crippen molar-refractivity contribution in [2.75, 3.05) is 11.9 Å². The predicted molar refractivity (Wildman–Crippen MR) is 148 cm³/mol. The van der Waals surface area contributed by atoms with Crippen LogP contribution >= 0.6 is 22.9 Å². The van der Waals surface area contributed by atoms with Crippen molar-refractivity contribution < 1.29 is 14.3 Å². The smallest absolute Gasteiger partial charge is 0.410 e. The number of Topliss-reactive ketones (excluding diaryl/α,β-unsaturated/α-hetero) is 1. The number of aryl methyl sites for hydroxylation is 1. The molecule has 1 unspecified atom stereocenters. The van der Waals surface area contributed by atoms with E-state index in [-0.39, 0.29) is 24.3 Å². The van der Waals surface area contributed by atoms with Crippen LogP contribution in [-0.2, 0) is 11.8 Å². The molecule has 8 nitrogen and oxygen atoms in total. The number of halogens is 1. The zero-order valence-electron chi connectivity index (χ0n) is 21.4. The van der Waals surface area contributed by atoms with Crippen LogP contribution in [0.2, 0.25) is 5.02 Å². The lowest BCUT2D eigenvalue weighted by molar-refractivity contribution is 0.00946. The number of amides is 1. The number of anilines is 2. The first-order valence-electron chi connectivity index (χ1n) is 12.4.